The van der Waals surface area contributed by atoms with E-state index in [4.69, 9.17) is 5.73 Å². The molecule has 0 radical (unpaired) electrons. The summed E-state index contributed by atoms with van der Waals surface area (Å²) in [7, 11) is -3.57. The van der Waals surface area contributed by atoms with Crippen LogP contribution in [0.15, 0.2) is 41.4 Å². The number of sulfonamides is 1. The van der Waals surface area contributed by atoms with Gasteiger partial charge in [-0.15, -0.1) is 0 Å². The fourth-order valence-electron chi connectivity index (χ4n) is 4.54. The Morgan fingerprint density at radius 2 is 2.00 bits per heavy atom. The third kappa shape index (κ3) is 2.67. The van der Waals surface area contributed by atoms with E-state index >= 15 is 0 Å². The summed E-state index contributed by atoms with van der Waals surface area (Å²) in [5.74, 6) is 0. The van der Waals surface area contributed by atoms with Crippen molar-refractivity contribution in [1.29, 1.82) is 0 Å². The predicted molar refractivity (Wildman–Crippen MR) is 98.6 cm³/mol. The van der Waals surface area contributed by atoms with E-state index in [1.54, 1.807) is 28.7 Å². The molecule has 25 heavy (non-hydrogen) atoms. The first kappa shape index (κ1) is 16.9. The largest absolute Gasteiger partial charge is 0.330 e. The summed E-state index contributed by atoms with van der Waals surface area (Å²) < 4.78 is 28.9. The predicted octanol–water partition coefficient (Wildman–Crippen LogP) is 2.91. The van der Waals surface area contributed by atoms with Crippen molar-refractivity contribution in [3.63, 3.8) is 0 Å². The standard InChI is InChI=1S/C19H25N3O2S/c20-14-19(10-5-11-19)18-9-1-2-13-22(18)25(23,24)17-8-3-7-16-15(17)6-4-12-21-16/h3-4,6-8,12,18H,1-2,5,9-11,13-14,20H2. The lowest BCUT2D eigenvalue weighted by Crippen LogP contribution is -2.58. The number of nitrogens with zero attached hydrogens (tertiary/aromatic N) is 2. The maximum Gasteiger partial charge on any atom is 0.244 e. The summed E-state index contributed by atoms with van der Waals surface area (Å²) in [4.78, 5) is 4.68. The fraction of sp³-hybridized carbons (Fsp3) is 0.526. The number of benzene rings is 1. The lowest BCUT2D eigenvalue weighted by Gasteiger charge is -2.52. The fourth-order valence-corrected chi connectivity index (χ4v) is 6.52. The van der Waals surface area contributed by atoms with Gasteiger partial charge in [0.15, 0.2) is 0 Å². The summed E-state index contributed by atoms with van der Waals surface area (Å²) in [6.07, 6.45) is 7.84. The Labute approximate surface area is 149 Å². The average molecular weight is 359 g/mol. The summed E-state index contributed by atoms with van der Waals surface area (Å²) in [5, 5.41) is 0.699. The number of fused-ring (bicyclic) bond motifs is 1. The molecule has 1 aliphatic heterocycles. The van der Waals surface area contributed by atoms with Crippen molar-refractivity contribution in [2.45, 2.75) is 49.5 Å². The minimum atomic E-state index is -3.57. The number of rotatable bonds is 4. The van der Waals surface area contributed by atoms with Crippen LogP contribution < -0.4 is 5.73 Å². The Morgan fingerprint density at radius 1 is 1.16 bits per heavy atom. The van der Waals surface area contributed by atoms with Crippen molar-refractivity contribution in [3.8, 4) is 0 Å². The molecule has 134 valence electrons. The van der Waals surface area contributed by atoms with Gasteiger partial charge in [0.1, 0.15) is 0 Å². The first-order chi connectivity index (χ1) is 12.1. The number of hydrogen-bond acceptors (Lipinski definition) is 4. The second kappa shape index (κ2) is 6.34. The van der Waals surface area contributed by atoms with E-state index < -0.39 is 10.0 Å². The van der Waals surface area contributed by atoms with E-state index in [0.717, 1.165) is 38.5 Å². The van der Waals surface area contributed by atoms with Gasteiger partial charge < -0.3 is 5.73 Å². The lowest BCUT2D eigenvalue weighted by atomic mass is 9.62. The zero-order chi connectivity index (χ0) is 17.5. The van der Waals surface area contributed by atoms with Gasteiger partial charge in [-0.1, -0.05) is 18.9 Å². The van der Waals surface area contributed by atoms with Gasteiger partial charge in [0, 0.05) is 24.2 Å². The third-order valence-electron chi connectivity index (χ3n) is 6.11. The zero-order valence-corrected chi connectivity index (χ0v) is 15.2. The van der Waals surface area contributed by atoms with Crippen molar-refractivity contribution < 1.29 is 8.42 Å². The first-order valence-corrected chi connectivity index (χ1v) is 10.6. The molecule has 2 N–H and O–H groups in total. The topological polar surface area (TPSA) is 76.3 Å². The highest BCUT2D eigenvalue weighted by Crippen LogP contribution is 2.49. The van der Waals surface area contributed by atoms with E-state index in [9.17, 15) is 8.42 Å². The maximum atomic E-state index is 13.6. The Balaban J connectivity index is 1.80. The van der Waals surface area contributed by atoms with Crippen molar-refractivity contribution in [2.75, 3.05) is 13.1 Å². The highest BCUT2D eigenvalue weighted by Gasteiger charge is 2.49. The number of pyridine rings is 1. The van der Waals surface area contributed by atoms with Crippen LogP contribution in [0.4, 0.5) is 0 Å². The smallest absolute Gasteiger partial charge is 0.244 e. The molecule has 2 heterocycles. The number of aromatic nitrogens is 1. The molecule has 6 heteroatoms. The van der Waals surface area contributed by atoms with Crippen LogP contribution in [0.5, 0.6) is 0 Å². The quantitative estimate of drug-likeness (QED) is 0.911. The Bertz CT molecular complexity index is 866. The van der Waals surface area contributed by atoms with Gasteiger partial charge in [0.05, 0.1) is 10.4 Å². The van der Waals surface area contributed by atoms with E-state index in [1.807, 2.05) is 12.1 Å². The van der Waals surface area contributed by atoms with E-state index in [1.165, 1.54) is 0 Å². The number of hydrogen-bond donors (Lipinski definition) is 1. The molecular weight excluding hydrogens is 334 g/mol. The molecule has 1 aromatic heterocycles. The molecule has 0 bridgehead atoms. The summed E-state index contributed by atoms with van der Waals surface area (Å²) in [6, 6.07) is 9.01. The minimum Gasteiger partial charge on any atom is -0.330 e. The van der Waals surface area contributed by atoms with Crippen molar-refractivity contribution in [3.05, 3.63) is 36.5 Å². The minimum absolute atomic E-state index is 0.0249. The highest BCUT2D eigenvalue weighted by molar-refractivity contribution is 7.89. The lowest BCUT2D eigenvalue weighted by molar-refractivity contribution is 0.0244. The van der Waals surface area contributed by atoms with Gasteiger partial charge in [0.25, 0.3) is 0 Å². The SMILES string of the molecule is NCC1(C2CCCCN2S(=O)(=O)c2cccc3ncccc23)CCC1. The van der Waals surface area contributed by atoms with Crippen LogP contribution in [0.1, 0.15) is 38.5 Å². The van der Waals surface area contributed by atoms with Gasteiger partial charge in [-0.05, 0) is 61.9 Å². The molecule has 5 nitrogen and oxygen atoms in total. The van der Waals surface area contributed by atoms with Crippen molar-refractivity contribution >= 4 is 20.9 Å². The van der Waals surface area contributed by atoms with Crippen molar-refractivity contribution in [1.82, 2.24) is 9.29 Å². The van der Waals surface area contributed by atoms with Crippen LogP contribution in [0.25, 0.3) is 10.9 Å². The number of piperidine rings is 1. The van der Waals surface area contributed by atoms with Crippen LogP contribution in [0, 0.1) is 5.41 Å². The Kier molecular flexibility index (Phi) is 4.30. The molecule has 1 saturated heterocycles. The van der Waals surface area contributed by atoms with Gasteiger partial charge in [-0.2, -0.15) is 4.31 Å². The summed E-state index contributed by atoms with van der Waals surface area (Å²) in [6.45, 7) is 1.16. The Morgan fingerprint density at radius 3 is 2.72 bits per heavy atom. The van der Waals surface area contributed by atoms with Gasteiger partial charge in [-0.25, -0.2) is 8.42 Å². The normalized spacial score (nSPS) is 24.1. The molecule has 1 aliphatic carbocycles. The van der Waals surface area contributed by atoms with E-state index in [-0.39, 0.29) is 11.5 Å². The molecule has 0 spiro atoms. The van der Waals surface area contributed by atoms with Gasteiger partial charge in [-0.3, -0.25) is 4.98 Å². The average Bonchev–Trinajstić information content (AvgIpc) is 2.61. The third-order valence-corrected chi connectivity index (χ3v) is 8.08. The van der Waals surface area contributed by atoms with Crippen molar-refractivity contribution in [2.24, 2.45) is 11.1 Å². The molecule has 4 rings (SSSR count). The van der Waals surface area contributed by atoms with Crippen LogP contribution in [0.3, 0.4) is 0 Å². The van der Waals surface area contributed by atoms with Gasteiger partial charge >= 0.3 is 0 Å². The monoisotopic (exact) mass is 359 g/mol. The molecule has 0 amide bonds. The number of nitrogens with two attached hydrogens (primary N) is 1. The summed E-state index contributed by atoms with van der Waals surface area (Å²) in [5.41, 5.74) is 6.79. The second-order valence-corrected chi connectivity index (χ2v) is 9.23. The van der Waals surface area contributed by atoms with Crippen LogP contribution in [0.2, 0.25) is 0 Å². The van der Waals surface area contributed by atoms with Crippen LogP contribution in [-0.2, 0) is 10.0 Å². The molecule has 1 unspecified atom stereocenters. The first-order valence-electron chi connectivity index (χ1n) is 9.14. The van der Waals surface area contributed by atoms with Crippen LogP contribution >= 0.6 is 0 Å². The second-order valence-electron chi connectivity index (χ2n) is 7.37. The van der Waals surface area contributed by atoms with Crippen LogP contribution in [-0.4, -0.2) is 36.8 Å². The molecule has 2 aliphatic rings. The summed E-state index contributed by atoms with van der Waals surface area (Å²) >= 11 is 0. The molecule has 2 fully saturated rings. The molecule has 1 atom stereocenters. The molecular formula is C19H25N3O2S. The zero-order valence-electron chi connectivity index (χ0n) is 14.4. The molecule has 1 aromatic carbocycles. The van der Waals surface area contributed by atoms with E-state index in [0.29, 0.717) is 28.9 Å². The molecule has 1 saturated carbocycles. The van der Waals surface area contributed by atoms with Gasteiger partial charge in [0.2, 0.25) is 10.0 Å². The highest BCUT2D eigenvalue weighted by atomic mass is 32.2. The maximum absolute atomic E-state index is 13.6. The Hall–Kier alpha value is -1.50. The molecule has 2 aromatic rings. The van der Waals surface area contributed by atoms with E-state index in [2.05, 4.69) is 4.98 Å².